The molecule has 7 heteroatoms. The zero-order valence-electron chi connectivity index (χ0n) is 20.8. The number of nitrogens with zero attached hydrogens (tertiary/aromatic N) is 3. The maximum absolute atomic E-state index is 13.8. The number of carbonyl (C=O) groups is 1. The number of rotatable bonds is 7. The molecule has 0 N–H and O–H groups in total. The number of urea groups is 1. The molecule has 0 aromatic heterocycles. The van der Waals surface area contributed by atoms with Gasteiger partial charge in [-0.15, -0.1) is 0 Å². The first kappa shape index (κ1) is 24.5. The SMILES string of the molecule is CN(C)C1(c2ccccc2)CCC2(CC1)CN(c1ccc(CS(=O)[O-])cc1)C(=O)N2CC1CCC1. The van der Waals surface area contributed by atoms with Gasteiger partial charge in [-0.1, -0.05) is 60.0 Å². The Balaban J connectivity index is 1.42. The van der Waals surface area contributed by atoms with Gasteiger partial charge >= 0.3 is 6.03 Å². The van der Waals surface area contributed by atoms with E-state index < -0.39 is 11.1 Å². The van der Waals surface area contributed by atoms with E-state index in [1.807, 2.05) is 29.2 Å². The number of benzene rings is 2. The normalized spacial score (nSPS) is 28.1. The van der Waals surface area contributed by atoms with Crippen molar-refractivity contribution < 1.29 is 13.6 Å². The average Bonchev–Trinajstić information content (AvgIpc) is 3.08. The zero-order chi connectivity index (χ0) is 24.6. The Morgan fingerprint density at radius 2 is 1.66 bits per heavy atom. The Morgan fingerprint density at radius 3 is 2.20 bits per heavy atom. The van der Waals surface area contributed by atoms with E-state index in [9.17, 15) is 13.6 Å². The molecule has 1 heterocycles. The van der Waals surface area contributed by atoms with Crippen LogP contribution in [0.3, 0.4) is 0 Å². The summed E-state index contributed by atoms with van der Waals surface area (Å²) in [6, 6.07) is 18.4. The molecule has 6 nitrogen and oxygen atoms in total. The second-order valence-corrected chi connectivity index (χ2v) is 11.8. The summed E-state index contributed by atoms with van der Waals surface area (Å²) in [4.78, 5) is 20.3. The van der Waals surface area contributed by atoms with Gasteiger partial charge < -0.3 is 9.45 Å². The van der Waals surface area contributed by atoms with E-state index >= 15 is 0 Å². The van der Waals surface area contributed by atoms with Crippen LogP contribution >= 0.6 is 0 Å². The van der Waals surface area contributed by atoms with Crippen LogP contribution in [0.1, 0.15) is 56.1 Å². The number of hydrogen-bond acceptors (Lipinski definition) is 4. The third-order valence-electron chi connectivity index (χ3n) is 8.86. The number of carbonyl (C=O) groups excluding carboxylic acids is 1. The van der Waals surface area contributed by atoms with Crippen molar-refractivity contribution in [2.75, 3.05) is 32.1 Å². The fourth-order valence-corrected chi connectivity index (χ4v) is 6.88. The Labute approximate surface area is 211 Å². The first-order valence-corrected chi connectivity index (χ1v) is 14.0. The lowest BCUT2D eigenvalue weighted by molar-refractivity contribution is 0.0172. The van der Waals surface area contributed by atoms with Crippen molar-refractivity contribution in [1.82, 2.24) is 9.80 Å². The summed E-state index contributed by atoms with van der Waals surface area (Å²) in [5.74, 6) is 0.609. The molecule has 1 aliphatic heterocycles. The molecular formula is C28H36N3O3S-. The van der Waals surface area contributed by atoms with Gasteiger partial charge in [0.2, 0.25) is 0 Å². The van der Waals surface area contributed by atoms with E-state index in [2.05, 4.69) is 54.2 Å². The van der Waals surface area contributed by atoms with E-state index in [1.54, 1.807) is 0 Å². The maximum atomic E-state index is 13.8. The van der Waals surface area contributed by atoms with Gasteiger partial charge in [0.1, 0.15) is 0 Å². The van der Waals surface area contributed by atoms with Gasteiger partial charge in [-0.2, -0.15) is 0 Å². The summed E-state index contributed by atoms with van der Waals surface area (Å²) >= 11 is -2.12. The highest BCUT2D eigenvalue weighted by atomic mass is 32.2. The van der Waals surface area contributed by atoms with Gasteiger partial charge in [0.25, 0.3) is 0 Å². The molecule has 1 unspecified atom stereocenters. The summed E-state index contributed by atoms with van der Waals surface area (Å²) in [5, 5.41) is 0. The molecule has 2 aliphatic carbocycles. The zero-order valence-corrected chi connectivity index (χ0v) is 21.6. The molecule has 188 valence electrons. The van der Waals surface area contributed by atoms with Crippen molar-refractivity contribution >= 4 is 22.8 Å². The standard InChI is InChI=1S/C28H37N3O3S/c1-29(2)28(24-9-4-3-5-10-24)17-15-27(16-18-28)21-30(26(32)31(27)19-22-7-6-8-22)25-13-11-23(12-14-25)20-35(33)34/h3-5,9-14,22H,6-8,15-21H2,1-2H3,(H,33,34)/p-1. The largest absolute Gasteiger partial charge is 0.772 e. The number of hydrogen-bond donors (Lipinski definition) is 0. The Morgan fingerprint density at radius 1 is 1.00 bits per heavy atom. The molecule has 1 atom stereocenters. The van der Waals surface area contributed by atoms with Crippen molar-refractivity contribution in [3.05, 3.63) is 65.7 Å². The summed E-state index contributed by atoms with van der Waals surface area (Å²) in [6.07, 6.45) is 7.68. The summed E-state index contributed by atoms with van der Waals surface area (Å²) in [7, 11) is 4.36. The van der Waals surface area contributed by atoms with E-state index in [0.29, 0.717) is 12.5 Å². The van der Waals surface area contributed by atoms with Crippen molar-refractivity contribution in [3.8, 4) is 0 Å². The third-order valence-corrected chi connectivity index (χ3v) is 9.43. The van der Waals surface area contributed by atoms with Crippen LogP contribution in [0.15, 0.2) is 54.6 Å². The molecule has 1 saturated heterocycles. The van der Waals surface area contributed by atoms with Gasteiger partial charge in [-0.25, -0.2) is 4.79 Å². The van der Waals surface area contributed by atoms with Gasteiger partial charge in [-0.05, 0) is 81.8 Å². The molecular weight excluding hydrogens is 458 g/mol. The van der Waals surface area contributed by atoms with E-state index in [0.717, 1.165) is 43.5 Å². The highest BCUT2D eigenvalue weighted by Gasteiger charge is 2.55. The molecule has 3 aliphatic rings. The van der Waals surface area contributed by atoms with Crippen molar-refractivity contribution in [1.29, 1.82) is 0 Å². The maximum Gasteiger partial charge on any atom is 0.325 e. The monoisotopic (exact) mass is 494 g/mol. The molecule has 35 heavy (non-hydrogen) atoms. The van der Waals surface area contributed by atoms with Gasteiger partial charge in [-0.3, -0.25) is 14.0 Å². The lowest BCUT2D eigenvalue weighted by Crippen LogP contribution is -2.56. The first-order chi connectivity index (χ1) is 16.8. The molecule has 2 amide bonds. The molecule has 2 saturated carbocycles. The summed E-state index contributed by atoms with van der Waals surface area (Å²) in [5.41, 5.74) is 2.79. The summed E-state index contributed by atoms with van der Waals surface area (Å²) in [6.45, 7) is 1.55. The van der Waals surface area contributed by atoms with Crippen LogP contribution in [0, 0.1) is 5.92 Å². The van der Waals surface area contributed by atoms with Crippen LogP contribution in [0.25, 0.3) is 0 Å². The predicted molar refractivity (Wildman–Crippen MR) is 139 cm³/mol. The predicted octanol–water partition coefficient (Wildman–Crippen LogP) is 4.88. The minimum atomic E-state index is -2.12. The average molecular weight is 495 g/mol. The lowest BCUT2D eigenvalue weighted by atomic mass is 9.68. The van der Waals surface area contributed by atoms with Crippen LogP contribution in [0.4, 0.5) is 10.5 Å². The molecule has 0 radical (unpaired) electrons. The molecule has 1 spiro atoms. The quantitative estimate of drug-likeness (QED) is 0.515. The number of amides is 2. The highest BCUT2D eigenvalue weighted by Crippen LogP contribution is 2.50. The first-order valence-electron chi connectivity index (χ1n) is 12.8. The molecule has 3 fully saturated rings. The fourth-order valence-electron chi connectivity index (χ4n) is 6.41. The van der Waals surface area contributed by atoms with Gasteiger partial charge in [0.15, 0.2) is 0 Å². The van der Waals surface area contributed by atoms with Gasteiger partial charge in [0.05, 0.1) is 12.1 Å². The van der Waals surface area contributed by atoms with Crippen molar-refractivity contribution in [3.63, 3.8) is 0 Å². The van der Waals surface area contributed by atoms with E-state index in [1.165, 1.54) is 24.8 Å². The van der Waals surface area contributed by atoms with Crippen LogP contribution in [-0.4, -0.2) is 57.3 Å². The van der Waals surface area contributed by atoms with E-state index in [4.69, 9.17) is 0 Å². The molecule has 5 rings (SSSR count). The Hall–Kier alpha value is -2.22. The molecule has 0 bridgehead atoms. The van der Waals surface area contributed by atoms with Crippen molar-refractivity contribution in [2.45, 2.75) is 61.8 Å². The smallest absolute Gasteiger partial charge is 0.325 e. The van der Waals surface area contributed by atoms with Crippen LogP contribution in [0.5, 0.6) is 0 Å². The second kappa shape index (κ2) is 9.68. The van der Waals surface area contributed by atoms with Crippen LogP contribution in [-0.2, 0) is 22.4 Å². The van der Waals surface area contributed by atoms with Crippen molar-refractivity contribution in [2.24, 2.45) is 5.92 Å². The third kappa shape index (κ3) is 4.54. The lowest BCUT2D eigenvalue weighted by Gasteiger charge is -2.51. The highest BCUT2D eigenvalue weighted by molar-refractivity contribution is 7.78. The summed E-state index contributed by atoms with van der Waals surface area (Å²) < 4.78 is 22.1. The minimum absolute atomic E-state index is 0.00191. The van der Waals surface area contributed by atoms with Gasteiger partial charge in [0, 0.05) is 23.5 Å². The Kier molecular flexibility index (Phi) is 6.77. The minimum Gasteiger partial charge on any atom is -0.772 e. The van der Waals surface area contributed by atoms with Crippen LogP contribution in [0.2, 0.25) is 0 Å². The molecule has 2 aromatic rings. The topological polar surface area (TPSA) is 66.9 Å². The van der Waals surface area contributed by atoms with Crippen LogP contribution < -0.4 is 4.90 Å². The van der Waals surface area contributed by atoms with E-state index in [-0.39, 0.29) is 22.9 Å². The molecule has 2 aromatic carbocycles. The second-order valence-electron chi connectivity index (χ2n) is 10.9. The fraction of sp³-hybridized carbons (Fsp3) is 0.536. The number of anilines is 1. The Bertz CT molecular complexity index is 1060.